The van der Waals surface area contributed by atoms with Crippen LogP contribution < -0.4 is 10.1 Å². The van der Waals surface area contributed by atoms with Gasteiger partial charge in [0, 0.05) is 16.2 Å². The number of nitrogens with zero attached hydrogens (tertiary/aromatic N) is 3. The van der Waals surface area contributed by atoms with E-state index in [0.29, 0.717) is 16.9 Å². The molecule has 0 aliphatic heterocycles. The first kappa shape index (κ1) is 24.3. The van der Waals surface area contributed by atoms with Crippen molar-refractivity contribution in [3.8, 4) is 5.75 Å². The zero-order valence-corrected chi connectivity index (χ0v) is 21.9. The summed E-state index contributed by atoms with van der Waals surface area (Å²) in [5.41, 5.74) is 0.745. The molecule has 9 heteroatoms. The fourth-order valence-electron chi connectivity index (χ4n) is 5.55. The van der Waals surface area contributed by atoms with Crippen LogP contribution in [-0.2, 0) is 11.4 Å². The number of para-hydroxylation sites is 1. The van der Waals surface area contributed by atoms with Crippen LogP contribution in [0, 0.1) is 23.6 Å². The molecule has 2 fully saturated rings. The third-order valence-corrected chi connectivity index (χ3v) is 8.68. The van der Waals surface area contributed by atoms with E-state index in [1.807, 2.05) is 24.3 Å². The van der Waals surface area contributed by atoms with Crippen molar-refractivity contribution in [1.82, 2.24) is 14.8 Å². The lowest BCUT2D eigenvalue weighted by Gasteiger charge is -2.30. The minimum atomic E-state index is -0.404. The third-order valence-electron chi connectivity index (χ3n) is 7.21. The molecule has 2 bridgehead atoms. The number of rotatable bonds is 9. The average Bonchev–Trinajstić information content (AvgIpc) is 3.59. The molecule has 4 atom stereocenters. The van der Waals surface area contributed by atoms with E-state index < -0.39 is 5.82 Å². The summed E-state index contributed by atoms with van der Waals surface area (Å²) in [7, 11) is 0. The first-order valence-electron chi connectivity index (χ1n) is 12.0. The molecule has 1 amide bonds. The zero-order chi connectivity index (χ0) is 24.4. The Labute approximate surface area is 217 Å². The van der Waals surface area contributed by atoms with Crippen LogP contribution in [0.1, 0.15) is 44.5 Å². The van der Waals surface area contributed by atoms with Gasteiger partial charge in [-0.2, -0.15) is 0 Å². The summed E-state index contributed by atoms with van der Waals surface area (Å²) in [6.07, 6.45) is 5.13. The van der Waals surface area contributed by atoms with E-state index >= 15 is 0 Å². The van der Waals surface area contributed by atoms with Gasteiger partial charge in [0.2, 0.25) is 5.91 Å². The van der Waals surface area contributed by atoms with Crippen LogP contribution in [0.25, 0.3) is 0 Å². The highest BCUT2D eigenvalue weighted by atomic mass is 79.9. The maximum Gasteiger partial charge on any atom is 0.234 e. The zero-order valence-electron chi connectivity index (χ0n) is 19.5. The van der Waals surface area contributed by atoms with Crippen LogP contribution in [0.15, 0.2) is 58.2 Å². The number of hydrogen-bond acceptors (Lipinski definition) is 5. The van der Waals surface area contributed by atoms with Gasteiger partial charge in [0.25, 0.3) is 0 Å². The van der Waals surface area contributed by atoms with Crippen molar-refractivity contribution in [2.75, 3.05) is 11.1 Å². The lowest BCUT2D eigenvalue weighted by Crippen LogP contribution is -2.25. The molecular formula is C26H28BrFN4O2S. The number of anilines is 1. The molecule has 0 unspecified atom stereocenters. The summed E-state index contributed by atoms with van der Waals surface area (Å²) in [6, 6.07) is 14.0. The van der Waals surface area contributed by atoms with E-state index in [1.165, 1.54) is 43.5 Å². The molecular weight excluding hydrogens is 531 g/mol. The van der Waals surface area contributed by atoms with Crippen LogP contribution in [0.4, 0.5) is 10.1 Å². The minimum absolute atomic E-state index is 0.108. The molecule has 2 saturated carbocycles. The first-order valence-corrected chi connectivity index (χ1v) is 13.7. The van der Waals surface area contributed by atoms with E-state index in [0.717, 1.165) is 22.0 Å². The minimum Gasteiger partial charge on any atom is -0.483 e. The number of amides is 1. The quantitative estimate of drug-likeness (QED) is 0.304. The second kappa shape index (κ2) is 10.7. The van der Waals surface area contributed by atoms with Gasteiger partial charge in [0.05, 0.1) is 5.75 Å². The van der Waals surface area contributed by atoms with Gasteiger partial charge in [0.15, 0.2) is 22.5 Å². The molecule has 1 heterocycles. The molecule has 1 N–H and O–H groups in total. The molecule has 5 rings (SSSR count). The predicted octanol–water partition coefficient (Wildman–Crippen LogP) is 6.49. The number of ether oxygens (including phenoxy) is 1. The molecule has 1 aromatic heterocycles. The van der Waals surface area contributed by atoms with Gasteiger partial charge in [-0.15, -0.1) is 10.2 Å². The fourth-order valence-corrected chi connectivity index (χ4v) is 6.66. The molecule has 2 aliphatic carbocycles. The van der Waals surface area contributed by atoms with Crippen LogP contribution in [0.3, 0.4) is 0 Å². The van der Waals surface area contributed by atoms with Gasteiger partial charge in [-0.25, -0.2) is 4.39 Å². The molecule has 35 heavy (non-hydrogen) atoms. The molecule has 0 saturated heterocycles. The Hall–Kier alpha value is -2.39. The largest absolute Gasteiger partial charge is 0.483 e. The monoisotopic (exact) mass is 558 g/mol. The summed E-state index contributed by atoms with van der Waals surface area (Å²) in [5.74, 6) is 2.63. The summed E-state index contributed by atoms with van der Waals surface area (Å²) >= 11 is 4.77. The topological polar surface area (TPSA) is 69.0 Å². The van der Waals surface area contributed by atoms with E-state index in [9.17, 15) is 9.18 Å². The van der Waals surface area contributed by atoms with Gasteiger partial charge in [-0.1, -0.05) is 46.2 Å². The van der Waals surface area contributed by atoms with Gasteiger partial charge in [0.1, 0.15) is 6.61 Å². The van der Waals surface area contributed by atoms with E-state index in [2.05, 4.69) is 42.9 Å². The van der Waals surface area contributed by atoms with E-state index in [-0.39, 0.29) is 30.1 Å². The predicted molar refractivity (Wildman–Crippen MR) is 138 cm³/mol. The Morgan fingerprint density at radius 1 is 1.20 bits per heavy atom. The third kappa shape index (κ3) is 5.56. The molecule has 184 valence electrons. The first-order chi connectivity index (χ1) is 17.0. The average molecular weight is 560 g/mol. The van der Waals surface area contributed by atoms with Crippen LogP contribution in [-0.4, -0.2) is 26.4 Å². The molecule has 2 aromatic carbocycles. The van der Waals surface area contributed by atoms with Gasteiger partial charge >= 0.3 is 0 Å². The standard InChI is InChI=1S/C26H28BrFN4O2S/c1-16(21-13-17-6-7-18(21)12-17)32-24(14-34-23-5-3-2-4-22(23)28)30-31-26(32)35-15-25(33)29-20-10-8-19(27)9-11-20/h2-5,8-11,16-18,21H,6-7,12-15H2,1H3,(H,29,33)/t16-,17-,18-,21+/m0/s1. The molecule has 2 aliphatic rings. The number of hydrogen-bond donors (Lipinski definition) is 1. The Balaban J connectivity index is 1.31. The number of benzene rings is 2. The fraction of sp³-hybridized carbons (Fsp3) is 0.423. The number of halogens is 2. The lowest BCUT2D eigenvalue weighted by molar-refractivity contribution is -0.113. The Kier molecular flexibility index (Phi) is 7.43. The van der Waals surface area contributed by atoms with Crippen molar-refractivity contribution in [1.29, 1.82) is 0 Å². The number of thioether (sulfide) groups is 1. The maximum absolute atomic E-state index is 14.1. The van der Waals surface area contributed by atoms with Crippen LogP contribution >= 0.6 is 27.7 Å². The normalized spacial score (nSPS) is 21.7. The Bertz CT molecular complexity index is 1190. The van der Waals surface area contributed by atoms with Crippen LogP contribution in [0.2, 0.25) is 0 Å². The van der Waals surface area contributed by atoms with Crippen LogP contribution in [0.5, 0.6) is 5.75 Å². The molecule has 6 nitrogen and oxygen atoms in total. The highest BCUT2D eigenvalue weighted by Gasteiger charge is 2.43. The second-order valence-electron chi connectivity index (χ2n) is 9.41. The number of nitrogens with one attached hydrogen (secondary N) is 1. The number of carbonyl (C=O) groups excluding carboxylic acids is 1. The van der Waals surface area contributed by atoms with Crippen molar-refractivity contribution in [2.24, 2.45) is 17.8 Å². The van der Waals surface area contributed by atoms with Gasteiger partial charge < -0.3 is 10.1 Å². The Morgan fingerprint density at radius 3 is 2.71 bits per heavy atom. The summed E-state index contributed by atoms with van der Waals surface area (Å²) in [4.78, 5) is 12.6. The SMILES string of the molecule is C[C@@H]([C@H]1C[C@H]2CC[C@H]1C2)n1c(COc2ccccc2F)nnc1SCC(=O)Nc1ccc(Br)cc1. The summed E-state index contributed by atoms with van der Waals surface area (Å²) in [6.45, 7) is 2.33. The van der Waals surface area contributed by atoms with Crippen molar-refractivity contribution in [3.63, 3.8) is 0 Å². The van der Waals surface area contributed by atoms with Crippen molar-refractivity contribution in [3.05, 3.63) is 64.6 Å². The highest BCUT2D eigenvalue weighted by Crippen LogP contribution is 2.52. The highest BCUT2D eigenvalue weighted by molar-refractivity contribution is 9.10. The smallest absolute Gasteiger partial charge is 0.234 e. The number of fused-ring (bicyclic) bond motifs is 2. The van der Waals surface area contributed by atoms with E-state index in [4.69, 9.17) is 4.74 Å². The van der Waals surface area contributed by atoms with Crippen molar-refractivity contribution >= 4 is 39.3 Å². The number of carbonyl (C=O) groups is 1. The van der Waals surface area contributed by atoms with E-state index in [1.54, 1.807) is 18.2 Å². The molecule has 0 radical (unpaired) electrons. The number of aromatic nitrogens is 3. The summed E-state index contributed by atoms with van der Waals surface area (Å²) in [5, 5.41) is 12.4. The summed E-state index contributed by atoms with van der Waals surface area (Å²) < 4.78 is 22.9. The van der Waals surface area contributed by atoms with Crippen molar-refractivity contribution < 1.29 is 13.9 Å². The van der Waals surface area contributed by atoms with Crippen molar-refractivity contribution in [2.45, 2.75) is 50.4 Å². The van der Waals surface area contributed by atoms with Gasteiger partial charge in [-0.05, 0) is 80.3 Å². The van der Waals surface area contributed by atoms with Gasteiger partial charge in [-0.3, -0.25) is 9.36 Å². The molecule has 0 spiro atoms. The Morgan fingerprint density at radius 2 is 2.00 bits per heavy atom. The molecule has 3 aromatic rings. The lowest BCUT2D eigenvalue weighted by atomic mass is 9.84. The maximum atomic E-state index is 14.1. The second-order valence-corrected chi connectivity index (χ2v) is 11.3.